The maximum Gasteiger partial charge on any atom is 0.255 e. The third-order valence-corrected chi connectivity index (χ3v) is 11.5. The first-order chi connectivity index (χ1) is 20.1. The maximum absolute atomic E-state index is 13.8. The molecule has 2 bridgehead atoms. The molecule has 2 unspecified atom stereocenters. The summed E-state index contributed by atoms with van der Waals surface area (Å²) in [5.41, 5.74) is -2.00. The van der Waals surface area contributed by atoms with E-state index in [0.29, 0.717) is 18.6 Å². The largest absolute Gasteiger partial charge is 0.388 e. The van der Waals surface area contributed by atoms with Crippen LogP contribution in [0.3, 0.4) is 0 Å². The van der Waals surface area contributed by atoms with Gasteiger partial charge in [0.2, 0.25) is 0 Å². The van der Waals surface area contributed by atoms with Crippen molar-refractivity contribution in [2.75, 3.05) is 18.5 Å². The molecule has 3 aliphatic rings. The number of anilines is 1. The van der Waals surface area contributed by atoms with E-state index >= 15 is 0 Å². The Labute approximate surface area is 250 Å². The van der Waals surface area contributed by atoms with Crippen LogP contribution < -0.4 is 10.6 Å². The van der Waals surface area contributed by atoms with Crippen molar-refractivity contribution >= 4 is 38.9 Å². The number of fused-ring (bicyclic) bond motifs is 2. The number of benzene rings is 2. The van der Waals surface area contributed by atoms with E-state index in [9.17, 15) is 46.5 Å². The van der Waals surface area contributed by atoms with E-state index in [-0.39, 0.29) is 53.1 Å². The number of ether oxygens (including phenoxy) is 1. The van der Waals surface area contributed by atoms with Gasteiger partial charge in [-0.15, -0.1) is 0 Å². The quantitative estimate of drug-likeness (QED) is 0.286. The van der Waals surface area contributed by atoms with Gasteiger partial charge in [-0.25, -0.2) is 21.6 Å². The third-order valence-electron chi connectivity index (χ3n) is 8.89. The van der Waals surface area contributed by atoms with Crippen LogP contribution in [0.15, 0.2) is 35.2 Å². The Kier molecular flexibility index (Phi) is 8.57. The van der Waals surface area contributed by atoms with E-state index in [4.69, 9.17) is 16.3 Å². The predicted molar refractivity (Wildman–Crippen MR) is 146 cm³/mol. The van der Waals surface area contributed by atoms with Crippen molar-refractivity contribution in [2.24, 2.45) is 17.8 Å². The van der Waals surface area contributed by atoms with E-state index in [1.807, 2.05) is 6.92 Å². The number of aliphatic hydroxyl groups is 3. The van der Waals surface area contributed by atoms with Gasteiger partial charge in [-0.1, -0.05) is 18.5 Å². The van der Waals surface area contributed by atoms with Crippen LogP contribution in [0.2, 0.25) is 5.02 Å². The summed E-state index contributed by atoms with van der Waals surface area (Å²) in [7, 11) is -4.16. The summed E-state index contributed by atoms with van der Waals surface area (Å²) in [6, 6.07) is 4.65. The minimum atomic E-state index is -4.16. The second kappa shape index (κ2) is 11.6. The summed E-state index contributed by atoms with van der Waals surface area (Å²) in [5.74, 6) is -7.49. The maximum atomic E-state index is 13.8. The fourth-order valence-electron chi connectivity index (χ4n) is 6.61. The van der Waals surface area contributed by atoms with Crippen LogP contribution in [0.5, 0.6) is 0 Å². The van der Waals surface area contributed by atoms with Gasteiger partial charge in [0.1, 0.15) is 12.2 Å². The SMILES string of the molecule is C[C@H]1CC2C[C@@H](S(=O)(=O)c3cc(C(=O)Nc4cc(F)c(F)c(F)c4)ccc3Cl)CC1[C@@]2(O)CNC(=O)[C@H]1OC[C@H](O)[C@@H]1O. The van der Waals surface area contributed by atoms with Crippen molar-refractivity contribution in [3.63, 3.8) is 0 Å². The van der Waals surface area contributed by atoms with Gasteiger partial charge < -0.3 is 30.7 Å². The standard InChI is InChI=1S/C28H30ClF3N2O8S/c1-12-4-14-6-16(9-17(12)28(14,39)11-33-27(38)25-24(36)21(35)10-42-25)43(40,41)22-5-13(2-3-18(22)29)26(37)34-15-7-19(30)23(32)20(31)8-15/h2-3,5,7-8,12,14,16-17,21,24-25,35-36,39H,4,6,9-11H2,1H3,(H,33,38)(H,34,37)/t12-,14?,16+,17?,21-,24-,25-,28+/m0/s1. The van der Waals surface area contributed by atoms with Crippen LogP contribution in [-0.4, -0.2) is 77.9 Å². The molecule has 10 nitrogen and oxygen atoms in total. The Morgan fingerprint density at radius 3 is 2.37 bits per heavy atom. The van der Waals surface area contributed by atoms with Crippen LogP contribution >= 0.6 is 11.6 Å². The number of halogens is 4. The first kappa shape index (κ1) is 31.7. The number of carbonyl (C=O) groups is 2. The summed E-state index contributed by atoms with van der Waals surface area (Å²) in [6.45, 7) is 1.47. The Morgan fingerprint density at radius 2 is 1.77 bits per heavy atom. The molecule has 5 N–H and O–H groups in total. The summed E-state index contributed by atoms with van der Waals surface area (Å²) >= 11 is 6.27. The average molecular weight is 647 g/mol. The van der Waals surface area contributed by atoms with Crippen molar-refractivity contribution < 1.29 is 51.2 Å². The topological polar surface area (TPSA) is 162 Å². The Morgan fingerprint density at radius 1 is 1.09 bits per heavy atom. The molecule has 1 heterocycles. The van der Waals surface area contributed by atoms with Crippen LogP contribution in [0, 0.1) is 35.2 Å². The highest BCUT2D eigenvalue weighted by atomic mass is 35.5. The fourth-order valence-corrected chi connectivity index (χ4v) is 8.99. The fraction of sp³-hybridized carbons (Fsp3) is 0.500. The molecule has 234 valence electrons. The lowest BCUT2D eigenvalue weighted by atomic mass is 9.73. The van der Waals surface area contributed by atoms with Gasteiger partial charge in [-0.05, 0) is 55.2 Å². The molecule has 15 heteroatoms. The highest BCUT2D eigenvalue weighted by Gasteiger charge is 2.58. The molecule has 0 radical (unpaired) electrons. The number of sulfone groups is 1. The van der Waals surface area contributed by atoms with E-state index in [0.717, 1.165) is 6.07 Å². The number of nitrogens with one attached hydrogen (secondary N) is 2. The number of hydrogen-bond acceptors (Lipinski definition) is 8. The van der Waals surface area contributed by atoms with Gasteiger partial charge >= 0.3 is 0 Å². The molecule has 5 rings (SSSR count). The van der Waals surface area contributed by atoms with Crippen LogP contribution in [-0.2, 0) is 19.4 Å². The van der Waals surface area contributed by atoms with Gasteiger partial charge in [0.15, 0.2) is 33.4 Å². The van der Waals surface area contributed by atoms with Gasteiger partial charge in [-0.3, -0.25) is 9.59 Å². The van der Waals surface area contributed by atoms with Gasteiger partial charge in [0.05, 0.1) is 27.4 Å². The number of hydrogen-bond donors (Lipinski definition) is 5. The van der Waals surface area contributed by atoms with Crippen molar-refractivity contribution in [1.82, 2.24) is 5.32 Å². The smallest absolute Gasteiger partial charge is 0.255 e. The highest BCUT2D eigenvalue weighted by molar-refractivity contribution is 7.92. The molecule has 2 saturated carbocycles. The lowest BCUT2D eigenvalue weighted by molar-refractivity contribution is -0.137. The van der Waals surface area contributed by atoms with Crippen molar-refractivity contribution in [2.45, 2.75) is 60.2 Å². The Balaban J connectivity index is 1.32. The molecule has 2 aromatic carbocycles. The van der Waals surface area contributed by atoms with Gasteiger partial charge in [0, 0.05) is 29.9 Å². The Hall–Kier alpha value is -2.75. The van der Waals surface area contributed by atoms with E-state index < -0.39 is 80.1 Å². The number of rotatable bonds is 7. The first-order valence-electron chi connectivity index (χ1n) is 13.6. The minimum absolute atomic E-state index is 0.0362. The van der Waals surface area contributed by atoms with Crippen LogP contribution in [0.25, 0.3) is 0 Å². The first-order valence-corrected chi connectivity index (χ1v) is 15.5. The van der Waals surface area contributed by atoms with Crippen molar-refractivity contribution in [3.8, 4) is 0 Å². The molecule has 2 aliphatic carbocycles. The molecule has 3 fully saturated rings. The molecule has 43 heavy (non-hydrogen) atoms. The summed E-state index contributed by atoms with van der Waals surface area (Å²) in [5, 5.41) is 34.9. The molecule has 8 atom stereocenters. The second-order valence-electron chi connectivity index (χ2n) is 11.5. The van der Waals surface area contributed by atoms with Gasteiger partial charge in [-0.2, -0.15) is 0 Å². The normalized spacial score (nSPS) is 32.0. The molecule has 2 amide bonds. The summed E-state index contributed by atoms with van der Waals surface area (Å²) in [4.78, 5) is 25.0. The van der Waals surface area contributed by atoms with Crippen LogP contribution in [0.4, 0.5) is 18.9 Å². The highest BCUT2D eigenvalue weighted by Crippen LogP contribution is 2.54. The molecule has 1 saturated heterocycles. The number of carbonyl (C=O) groups excluding carboxylic acids is 2. The molecule has 0 aromatic heterocycles. The summed E-state index contributed by atoms with van der Waals surface area (Å²) < 4.78 is 73.3. The number of aliphatic hydroxyl groups excluding tert-OH is 2. The lowest BCUT2D eigenvalue weighted by Crippen LogP contribution is -2.56. The molecular weight excluding hydrogens is 617 g/mol. The summed E-state index contributed by atoms with van der Waals surface area (Å²) in [6.07, 6.45) is -3.34. The van der Waals surface area contributed by atoms with Crippen LogP contribution in [0.1, 0.15) is 36.5 Å². The monoisotopic (exact) mass is 646 g/mol. The van der Waals surface area contributed by atoms with E-state index in [1.54, 1.807) is 0 Å². The zero-order valence-corrected chi connectivity index (χ0v) is 24.3. The van der Waals surface area contributed by atoms with E-state index in [2.05, 4.69) is 10.6 Å². The Bertz CT molecular complexity index is 1540. The van der Waals surface area contributed by atoms with Crippen molar-refractivity contribution in [3.05, 3.63) is 58.4 Å². The zero-order valence-electron chi connectivity index (χ0n) is 22.8. The lowest BCUT2D eigenvalue weighted by Gasteiger charge is -2.43. The van der Waals surface area contributed by atoms with Crippen molar-refractivity contribution in [1.29, 1.82) is 0 Å². The van der Waals surface area contributed by atoms with E-state index in [1.165, 1.54) is 12.1 Å². The second-order valence-corrected chi connectivity index (χ2v) is 14.1. The molecular formula is C28H30ClF3N2O8S. The minimum Gasteiger partial charge on any atom is -0.388 e. The van der Waals surface area contributed by atoms with Gasteiger partial charge in [0.25, 0.3) is 11.8 Å². The number of amides is 2. The predicted octanol–water partition coefficient (Wildman–Crippen LogP) is 2.19. The molecule has 1 aliphatic heterocycles. The third kappa shape index (κ3) is 5.76. The molecule has 0 spiro atoms. The average Bonchev–Trinajstić information content (AvgIpc) is 3.30. The molecule has 2 aromatic rings. The zero-order chi connectivity index (χ0) is 31.4.